The molecular formula is C22H23ClN2O3S. The monoisotopic (exact) mass is 430 g/mol. The number of methoxy groups -OCH3 is 1. The number of thiazole rings is 1. The van der Waals surface area contributed by atoms with Gasteiger partial charge in [0.2, 0.25) is 0 Å². The van der Waals surface area contributed by atoms with Crippen molar-refractivity contribution in [3.63, 3.8) is 0 Å². The molecule has 0 aliphatic rings. The van der Waals surface area contributed by atoms with Crippen LogP contribution in [0.3, 0.4) is 0 Å². The van der Waals surface area contributed by atoms with E-state index in [4.69, 9.17) is 21.1 Å². The Balaban J connectivity index is 1.78. The number of benzene rings is 2. The average molecular weight is 431 g/mol. The van der Waals surface area contributed by atoms with Crippen molar-refractivity contribution in [2.45, 2.75) is 26.5 Å². The summed E-state index contributed by atoms with van der Waals surface area (Å²) in [7, 11) is 3.37. The molecule has 2 aromatic carbocycles. The molecule has 3 aromatic rings. The molecule has 0 N–H and O–H groups in total. The largest absolute Gasteiger partial charge is 0.493 e. The van der Waals surface area contributed by atoms with Crippen LogP contribution in [0.15, 0.2) is 47.8 Å². The number of hydrogen-bond donors (Lipinski definition) is 0. The fourth-order valence-corrected chi connectivity index (χ4v) is 3.59. The third-order valence-electron chi connectivity index (χ3n) is 4.57. The molecule has 5 nitrogen and oxygen atoms in total. The third-order valence-corrected chi connectivity index (χ3v) is 5.83. The minimum absolute atomic E-state index is 0.0887. The van der Waals surface area contributed by atoms with Gasteiger partial charge >= 0.3 is 0 Å². The van der Waals surface area contributed by atoms with E-state index in [1.54, 1.807) is 24.4 Å². The molecule has 0 unspecified atom stereocenters. The van der Waals surface area contributed by atoms with Crippen molar-refractivity contribution in [1.82, 2.24) is 9.88 Å². The van der Waals surface area contributed by atoms with Gasteiger partial charge in [0.05, 0.1) is 7.11 Å². The topological polar surface area (TPSA) is 51.7 Å². The highest BCUT2D eigenvalue weighted by atomic mass is 35.5. The van der Waals surface area contributed by atoms with E-state index in [2.05, 4.69) is 4.98 Å². The van der Waals surface area contributed by atoms with Crippen LogP contribution in [0.25, 0.3) is 10.6 Å². The van der Waals surface area contributed by atoms with Gasteiger partial charge in [-0.2, -0.15) is 0 Å². The molecule has 0 saturated heterocycles. The van der Waals surface area contributed by atoms with Gasteiger partial charge in [0.25, 0.3) is 5.91 Å². The Kier molecular flexibility index (Phi) is 6.77. The summed E-state index contributed by atoms with van der Waals surface area (Å²) >= 11 is 7.61. The lowest BCUT2D eigenvalue weighted by Crippen LogP contribution is -2.33. The Morgan fingerprint density at radius 3 is 2.66 bits per heavy atom. The van der Waals surface area contributed by atoms with Crippen LogP contribution >= 0.6 is 22.9 Å². The van der Waals surface area contributed by atoms with E-state index < -0.39 is 0 Å². The molecule has 29 heavy (non-hydrogen) atoms. The van der Waals surface area contributed by atoms with E-state index in [9.17, 15) is 4.79 Å². The van der Waals surface area contributed by atoms with Gasteiger partial charge in [0, 0.05) is 34.6 Å². The molecule has 0 aliphatic carbocycles. The van der Waals surface area contributed by atoms with Gasteiger partial charge in [-0.25, -0.2) is 4.98 Å². The first-order valence-electron chi connectivity index (χ1n) is 9.18. The lowest BCUT2D eigenvalue weighted by Gasteiger charge is -2.20. The van der Waals surface area contributed by atoms with Gasteiger partial charge in [0.15, 0.2) is 11.5 Å². The Morgan fingerprint density at radius 1 is 1.21 bits per heavy atom. The van der Waals surface area contributed by atoms with Crippen LogP contribution in [0.1, 0.15) is 29.9 Å². The summed E-state index contributed by atoms with van der Waals surface area (Å²) in [4.78, 5) is 18.6. The summed E-state index contributed by atoms with van der Waals surface area (Å²) in [5.41, 5.74) is 2.21. The van der Waals surface area contributed by atoms with Gasteiger partial charge in [-0.05, 0) is 38.1 Å². The first-order chi connectivity index (χ1) is 13.9. The van der Waals surface area contributed by atoms with Crippen molar-refractivity contribution in [2.24, 2.45) is 0 Å². The quantitative estimate of drug-likeness (QED) is 0.494. The normalized spacial score (nSPS) is 10.8. The number of ether oxygens (including phenoxy) is 2. The summed E-state index contributed by atoms with van der Waals surface area (Å²) in [5.74, 6) is 1.12. The Morgan fingerprint density at radius 2 is 1.97 bits per heavy atom. The molecule has 0 atom stereocenters. The van der Waals surface area contributed by atoms with Crippen LogP contribution in [0.5, 0.6) is 11.5 Å². The summed E-state index contributed by atoms with van der Waals surface area (Å²) in [6.45, 7) is 4.28. The first kappa shape index (κ1) is 21.1. The van der Waals surface area contributed by atoms with E-state index in [-0.39, 0.29) is 11.9 Å². The number of rotatable bonds is 7. The molecule has 0 saturated carbocycles. The molecule has 1 aromatic heterocycles. The molecule has 0 aliphatic heterocycles. The van der Waals surface area contributed by atoms with Crippen molar-refractivity contribution in [1.29, 1.82) is 0 Å². The van der Waals surface area contributed by atoms with Crippen LogP contribution in [0.2, 0.25) is 5.02 Å². The summed E-state index contributed by atoms with van der Waals surface area (Å²) in [5, 5.41) is 3.20. The maximum absolute atomic E-state index is 12.5. The fourth-order valence-electron chi connectivity index (χ4n) is 2.61. The van der Waals surface area contributed by atoms with Gasteiger partial charge < -0.3 is 14.4 Å². The zero-order chi connectivity index (χ0) is 21.0. The van der Waals surface area contributed by atoms with Gasteiger partial charge in [-0.3, -0.25) is 4.79 Å². The fraction of sp³-hybridized carbons (Fsp3) is 0.273. The molecule has 0 fully saturated rings. The van der Waals surface area contributed by atoms with Crippen LogP contribution in [0, 0.1) is 0 Å². The molecule has 152 valence electrons. The number of carbonyl (C=O) groups is 1. The predicted molar refractivity (Wildman–Crippen MR) is 117 cm³/mol. The minimum Gasteiger partial charge on any atom is -0.493 e. The van der Waals surface area contributed by atoms with Gasteiger partial charge in [0.1, 0.15) is 17.3 Å². The number of hydrogen-bond acceptors (Lipinski definition) is 5. The molecule has 7 heteroatoms. The third kappa shape index (κ3) is 4.89. The van der Waals surface area contributed by atoms with E-state index in [0.717, 1.165) is 16.1 Å². The molecule has 3 rings (SSSR count). The lowest BCUT2D eigenvalue weighted by molar-refractivity contribution is 0.0750. The summed E-state index contributed by atoms with van der Waals surface area (Å²) in [6.07, 6.45) is 0. The maximum Gasteiger partial charge on any atom is 0.273 e. The maximum atomic E-state index is 12.5. The van der Waals surface area contributed by atoms with Crippen molar-refractivity contribution >= 4 is 28.8 Å². The molecule has 1 heterocycles. The summed E-state index contributed by atoms with van der Waals surface area (Å²) < 4.78 is 11.4. The van der Waals surface area contributed by atoms with E-state index in [0.29, 0.717) is 28.8 Å². The van der Waals surface area contributed by atoms with Crippen molar-refractivity contribution in [3.05, 3.63) is 64.1 Å². The number of nitrogens with zero attached hydrogens (tertiary/aromatic N) is 2. The number of carbonyl (C=O) groups excluding carboxylic acids is 1. The molecule has 1 amide bonds. The second-order valence-electron chi connectivity index (χ2n) is 6.79. The van der Waals surface area contributed by atoms with E-state index in [1.807, 2.05) is 56.3 Å². The Labute approximate surface area is 179 Å². The average Bonchev–Trinajstić information content (AvgIpc) is 3.22. The SMILES string of the molecule is COc1cc(-c2nc(C(=O)N(C)C(C)C)cs2)ccc1OCc1ccccc1Cl. The van der Waals surface area contributed by atoms with Crippen LogP contribution in [0.4, 0.5) is 0 Å². The van der Waals surface area contributed by atoms with E-state index in [1.165, 1.54) is 11.3 Å². The predicted octanol–water partition coefficient (Wildman–Crippen LogP) is 5.53. The van der Waals surface area contributed by atoms with Crippen LogP contribution in [-0.2, 0) is 6.61 Å². The minimum atomic E-state index is -0.0887. The standard InChI is InChI=1S/C22H23ClN2O3S/c1-14(2)25(3)22(26)18-13-29-21(24-18)15-9-10-19(20(11-15)27-4)28-12-16-7-5-6-8-17(16)23/h5-11,13-14H,12H2,1-4H3. The number of halogens is 1. The Hall–Kier alpha value is -2.57. The van der Waals surface area contributed by atoms with Crippen LogP contribution < -0.4 is 9.47 Å². The highest BCUT2D eigenvalue weighted by Gasteiger charge is 2.18. The highest BCUT2D eigenvalue weighted by molar-refractivity contribution is 7.13. The molecule has 0 radical (unpaired) electrons. The molecule has 0 spiro atoms. The number of aromatic nitrogens is 1. The molecule has 0 bridgehead atoms. The second kappa shape index (κ2) is 9.29. The zero-order valence-corrected chi connectivity index (χ0v) is 18.4. The summed E-state index contributed by atoms with van der Waals surface area (Å²) in [6, 6.07) is 13.3. The van der Waals surface area contributed by atoms with Crippen molar-refractivity contribution in [3.8, 4) is 22.1 Å². The number of amides is 1. The Bertz CT molecular complexity index is 1000. The highest BCUT2D eigenvalue weighted by Crippen LogP contribution is 2.34. The van der Waals surface area contributed by atoms with Crippen LogP contribution in [-0.4, -0.2) is 36.0 Å². The van der Waals surface area contributed by atoms with Gasteiger partial charge in [-0.15, -0.1) is 11.3 Å². The molecular weight excluding hydrogens is 408 g/mol. The smallest absolute Gasteiger partial charge is 0.273 e. The van der Waals surface area contributed by atoms with Crippen molar-refractivity contribution in [2.75, 3.05) is 14.2 Å². The lowest BCUT2D eigenvalue weighted by atomic mass is 10.2. The van der Waals surface area contributed by atoms with E-state index >= 15 is 0 Å². The van der Waals surface area contributed by atoms with Crippen molar-refractivity contribution < 1.29 is 14.3 Å². The zero-order valence-electron chi connectivity index (χ0n) is 16.8. The van der Waals surface area contributed by atoms with Gasteiger partial charge in [-0.1, -0.05) is 29.8 Å². The first-order valence-corrected chi connectivity index (χ1v) is 10.4. The second-order valence-corrected chi connectivity index (χ2v) is 8.06.